The van der Waals surface area contributed by atoms with Crippen molar-refractivity contribution in [1.29, 1.82) is 0 Å². The Morgan fingerprint density at radius 2 is 0.939 bits per heavy atom. The fraction of sp³-hybridized carbons (Fsp3) is 0.226. The van der Waals surface area contributed by atoms with Crippen LogP contribution in [0.2, 0.25) is 0 Å². The van der Waals surface area contributed by atoms with Gasteiger partial charge in [-0.3, -0.25) is 0 Å². The van der Waals surface area contributed by atoms with Crippen molar-refractivity contribution in [1.82, 2.24) is 0 Å². The Hall–Kier alpha value is -2.81. The van der Waals surface area contributed by atoms with E-state index in [1.54, 1.807) is 6.26 Å². The van der Waals surface area contributed by atoms with Gasteiger partial charge in [0.25, 0.3) is 0 Å². The van der Waals surface area contributed by atoms with Crippen LogP contribution in [0.5, 0.6) is 0 Å². The lowest BCUT2D eigenvalue weighted by atomic mass is 9.93. The van der Waals surface area contributed by atoms with Crippen molar-refractivity contribution in [2.45, 2.75) is 34.6 Å². The van der Waals surface area contributed by atoms with Gasteiger partial charge in [-0.2, -0.15) is 12.6 Å². The van der Waals surface area contributed by atoms with Gasteiger partial charge < -0.3 is 5.73 Å². The number of aryl methyl sites for hydroxylation is 3. The third kappa shape index (κ3) is 10.6. The van der Waals surface area contributed by atoms with Crippen molar-refractivity contribution in [3.05, 3.63) is 120 Å². The SMILES string of the molecule is CC.CN.CS.Cc1ccccc1.Cc1ccccc1-c1ccc(-c2ccccc2)cc1C. The Morgan fingerprint density at radius 3 is 1.39 bits per heavy atom. The van der Waals surface area contributed by atoms with Crippen LogP contribution in [0.3, 0.4) is 0 Å². The summed E-state index contributed by atoms with van der Waals surface area (Å²) in [7, 11) is 1.50. The normalized spacial score (nSPS) is 8.76. The smallest absolute Gasteiger partial charge is 0.0152 e. The van der Waals surface area contributed by atoms with Crippen molar-refractivity contribution in [3.63, 3.8) is 0 Å². The second-order valence-corrected chi connectivity index (χ2v) is 6.87. The standard InChI is InChI=1S/C20H18.C7H8.C2H6.CH5N.CH4S/c1-15-8-6-7-11-19(15)20-13-12-18(14-16(20)2)17-9-4-3-5-10-17;1-7-5-3-2-4-6-7;3*1-2/h3-14H,1-2H3;2-6H,1H3;1-2H3;2H2,1H3;2H,1H3. The van der Waals surface area contributed by atoms with Crippen molar-refractivity contribution in [3.8, 4) is 22.3 Å². The molecule has 0 spiro atoms. The molecular formula is C31H41NS. The molecular weight excluding hydrogens is 418 g/mol. The van der Waals surface area contributed by atoms with Crippen molar-refractivity contribution in [2.24, 2.45) is 5.73 Å². The molecule has 1 nitrogen and oxygen atoms in total. The molecule has 4 rings (SSSR count). The first-order valence-corrected chi connectivity index (χ1v) is 12.3. The zero-order valence-corrected chi connectivity index (χ0v) is 22.2. The molecule has 0 radical (unpaired) electrons. The Labute approximate surface area is 208 Å². The highest BCUT2D eigenvalue weighted by Crippen LogP contribution is 2.30. The average Bonchev–Trinajstić information content (AvgIpc) is 2.89. The number of hydrogen-bond donors (Lipinski definition) is 2. The maximum atomic E-state index is 4.50. The largest absolute Gasteiger partial charge is 0.333 e. The van der Waals surface area contributed by atoms with Gasteiger partial charge in [-0.1, -0.05) is 123 Å². The van der Waals surface area contributed by atoms with E-state index in [4.69, 9.17) is 0 Å². The molecule has 2 N–H and O–H groups in total. The summed E-state index contributed by atoms with van der Waals surface area (Å²) in [6.45, 7) is 10.4. The highest BCUT2D eigenvalue weighted by atomic mass is 32.1. The van der Waals surface area contributed by atoms with Crippen LogP contribution in [0.15, 0.2) is 103 Å². The van der Waals surface area contributed by atoms with Crippen molar-refractivity contribution >= 4 is 12.6 Å². The van der Waals surface area contributed by atoms with Crippen LogP contribution < -0.4 is 5.73 Å². The van der Waals surface area contributed by atoms with E-state index in [0.717, 1.165) is 0 Å². The second-order valence-electron chi connectivity index (χ2n) is 6.87. The van der Waals surface area contributed by atoms with Gasteiger partial charge in [-0.15, -0.1) is 0 Å². The van der Waals surface area contributed by atoms with Crippen LogP contribution in [0, 0.1) is 20.8 Å². The van der Waals surface area contributed by atoms with Crippen molar-refractivity contribution in [2.75, 3.05) is 13.3 Å². The van der Waals surface area contributed by atoms with Crippen LogP contribution in [-0.4, -0.2) is 13.3 Å². The van der Waals surface area contributed by atoms with Gasteiger partial charge >= 0.3 is 0 Å². The first kappa shape index (κ1) is 30.2. The van der Waals surface area contributed by atoms with E-state index in [2.05, 4.69) is 124 Å². The molecule has 176 valence electrons. The van der Waals surface area contributed by atoms with E-state index in [-0.39, 0.29) is 0 Å². The number of hydrogen-bond acceptors (Lipinski definition) is 2. The topological polar surface area (TPSA) is 26.0 Å². The van der Waals surface area contributed by atoms with E-state index < -0.39 is 0 Å². The summed E-state index contributed by atoms with van der Waals surface area (Å²) in [4.78, 5) is 0. The lowest BCUT2D eigenvalue weighted by Gasteiger charge is -2.11. The minimum Gasteiger partial charge on any atom is -0.333 e. The highest BCUT2D eigenvalue weighted by Gasteiger charge is 2.06. The third-order valence-corrected chi connectivity index (χ3v) is 4.71. The molecule has 0 aliphatic carbocycles. The summed E-state index contributed by atoms with van der Waals surface area (Å²) in [5.41, 5.74) is 13.7. The number of nitrogens with two attached hydrogens (primary N) is 1. The van der Waals surface area contributed by atoms with Crippen LogP contribution in [0.4, 0.5) is 0 Å². The molecule has 4 aromatic rings. The zero-order valence-electron chi connectivity index (χ0n) is 21.3. The second kappa shape index (κ2) is 18.7. The molecule has 0 unspecified atom stereocenters. The van der Waals surface area contributed by atoms with E-state index >= 15 is 0 Å². The minimum absolute atomic E-state index is 1.27. The number of benzene rings is 4. The maximum Gasteiger partial charge on any atom is -0.0152 e. The Morgan fingerprint density at radius 1 is 0.485 bits per heavy atom. The summed E-state index contributed by atoms with van der Waals surface area (Å²) in [6.07, 6.45) is 1.69. The molecule has 33 heavy (non-hydrogen) atoms. The van der Waals surface area contributed by atoms with Gasteiger partial charge in [0.15, 0.2) is 0 Å². The molecule has 0 bridgehead atoms. The molecule has 0 heterocycles. The summed E-state index contributed by atoms with van der Waals surface area (Å²) < 4.78 is 0. The summed E-state index contributed by atoms with van der Waals surface area (Å²) >= 11 is 3.53. The average molecular weight is 460 g/mol. The molecule has 4 aromatic carbocycles. The lowest BCUT2D eigenvalue weighted by Crippen LogP contribution is -1.88. The minimum atomic E-state index is 1.27. The Bertz CT molecular complexity index is 996. The van der Waals surface area contributed by atoms with E-state index in [1.165, 1.54) is 46.0 Å². The van der Waals surface area contributed by atoms with Gasteiger partial charge in [0.05, 0.1) is 0 Å². The molecule has 0 atom stereocenters. The molecule has 0 aromatic heterocycles. The van der Waals surface area contributed by atoms with Crippen molar-refractivity contribution < 1.29 is 0 Å². The van der Waals surface area contributed by atoms with Crippen LogP contribution in [0.1, 0.15) is 30.5 Å². The monoisotopic (exact) mass is 459 g/mol. The van der Waals surface area contributed by atoms with Gasteiger partial charge in [-0.25, -0.2) is 0 Å². The predicted octanol–water partition coefficient (Wildman–Crippen LogP) is 8.78. The fourth-order valence-corrected chi connectivity index (χ4v) is 3.19. The lowest BCUT2D eigenvalue weighted by molar-refractivity contribution is 1.41. The van der Waals surface area contributed by atoms with Gasteiger partial charge in [0.2, 0.25) is 0 Å². The quantitative estimate of drug-likeness (QED) is 0.288. The Balaban J connectivity index is 0.000000659. The molecule has 0 aliphatic heterocycles. The molecule has 0 amide bonds. The number of rotatable bonds is 2. The number of thiol groups is 1. The molecule has 0 fully saturated rings. The van der Waals surface area contributed by atoms with Gasteiger partial charge in [0, 0.05) is 0 Å². The van der Waals surface area contributed by atoms with Crippen LogP contribution >= 0.6 is 12.6 Å². The maximum absolute atomic E-state index is 4.50. The predicted molar refractivity (Wildman–Crippen MR) is 154 cm³/mol. The molecule has 0 saturated carbocycles. The first-order valence-electron chi connectivity index (χ1n) is 11.4. The zero-order chi connectivity index (χ0) is 25.1. The van der Waals surface area contributed by atoms with Crippen LogP contribution in [-0.2, 0) is 0 Å². The fourth-order valence-electron chi connectivity index (χ4n) is 3.19. The molecule has 0 aliphatic rings. The summed E-state index contributed by atoms with van der Waals surface area (Å²) in [5.74, 6) is 0. The van der Waals surface area contributed by atoms with E-state index in [1.807, 2.05) is 32.0 Å². The summed E-state index contributed by atoms with van der Waals surface area (Å²) in [5, 5.41) is 0. The van der Waals surface area contributed by atoms with Gasteiger partial charge in [0.1, 0.15) is 0 Å². The third-order valence-electron chi connectivity index (χ3n) is 4.71. The van der Waals surface area contributed by atoms with E-state index in [9.17, 15) is 0 Å². The highest BCUT2D eigenvalue weighted by molar-refractivity contribution is 7.79. The first-order chi connectivity index (χ1) is 16.1. The van der Waals surface area contributed by atoms with Crippen LogP contribution in [0.25, 0.3) is 22.3 Å². The Kier molecular flexibility index (Phi) is 17.1. The molecule has 2 heteroatoms. The summed E-state index contributed by atoms with van der Waals surface area (Å²) in [6, 6.07) is 36.1. The molecule has 0 saturated heterocycles. The van der Waals surface area contributed by atoms with Gasteiger partial charge in [-0.05, 0) is 67.5 Å². The van der Waals surface area contributed by atoms with E-state index in [0.29, 0.717) is 0 Å².